The topological polar surface area (TPSA) is 75.6 Å². The summed E-state index contributed by atoms with van der Waals surface area (Å²) in [5, 5.41) is 11.5. The molecule has 0 unspecified atom stereocenters. The number of benzene rings is 1. The Kier molecular flexibility index (Phi) is 5.60. The van der Waals surface area contributed by atoms with Crippen molar-refractivity contribution in [2.45, 2.75) is 38.5 Å². The third-order valence-electron chi connectivity index (χ3n) is 3.75. The van der Waals surface area contributed by atoms with Crippen molar-refractivity contribution in [1.29, 1.82) is 0 Å². The number of carboxylic acids is 1. The molecule has 0 heterocycles. The third kappa shape index (κ3) is 5.45. The molecule has 2 N–H and O–H groups in total. The molecule has 0 spiro atoms. The van der Waals surface area contributed by atoms with E-state index < -0.39 is 12.1 Å². The second-order valence-electron chi connectivity index (χ2n) is 5.49. The molecule has 1 aromatic rings. The minimum absolute atomic E-state index is 0.0336. The van der Waals surface area contributed by atoms with Crippen LogP contribution < -0.4 is 10.1 Å². The maximum absolute atomic E-state index is 11.7. The van der Waals surface area contributed by atoms with E-state index >= 15 is 0 Å². The molecule has 0 bridgehead atoms. The summed E-state index contributed by atoms with van der Waals surface area (Å²) in [6.07, 6.45) is 5.64. The SMILES string of the molecule is O=C(O)Cc1ccc(OC(=O)NCC2CCCCC2)cc1. The zero-order chi connectivity index (χ0) is 15.1. The molecule has 1 saturated carbocycles. The smallest absolute Gasteiger partial charge is 0.412 e. The van der Waals surface area contributed by atoms with Gasteiger partial charge in [-0.2, -0.15) is 0 Å². The van der Waals surface area contributed by atoms with Crippen molar-refractivity contribution in [2.24, 2.45) is 5.92 Å². The van der Waals surface area contributed by atoms with Gasteiger partial charge in [0, 0.05) is 6.54 Å². The van der Waals surface area contributed by atoms with Crippen LogP contribution in [0.25, 0.3) is 0 Å². The predicted octanol–water partition coefficient (Wildman–Crippen LogP) is 2.98. The van der Waals surface area contributed by atoms with Gasteiger partial charge in [-0.1, -0.05) is 31.4 Å². The molecule has 1 aliphatic rings. The van der Waals surface area contributed by atoms with Gasteiger partial charge in [-0.25, -0.2) is 4.79 Å². The predicted molar refractivity (Wildman–Crippen MR) is 78.4 cm³/mol. The number of aliphatic carboxylic acids is 1. The Balaban J connectivity index is 1.75. The fourth-order valence-corrected chi connectivity index (χ4v) is 2.61. The van der Waals surface area contributed by atoms with Crippen molar-refractivity contribution in [2.75, 3.05) is 6.54 Å². The Bertz CT molecular complexity index is 478. The summed E-state index contributed by atoms with van der Waals surface area (Å²) in [7, 11) is 0. The molecule has 1 aliphatic carbocycles. The van der Waals surface area contributed by atoms with Crippen LogP contribution in [0.3, 0.4) is 0 Å². The summed E-state index contributed by atoms with van der Waals surface area (Å²) in [6.45, 7) is 0.663. The number of amides is 1. The van der Waals surface area contributed by atoms with E-state index in [4.69, 9.17) is 9.84 Å². The van der Waals surface area contributed by atoms with E-state index in [1.807, 2.05) is 0 Å². The summed E-state index contributed by atoms with van der Waals surface area (Å²) in [4.78, 5) is 22.3. The lowest BCUT2D eigenvalue weighted by molar-refractivity contribution is -0.136. The van der Waals surface area contributed by atoms with E-state index in [0.29, 0.717) is 23.8 Å². The van der Waals surface area contributed by atoms with Gasteiger partial charge in [-0.3, -0.25) is 4.79 Å². The Hall–Kier alpha value is -2.04. The van der Waals surface area contributed by atoms with Crippen LogP contribution in [0.2, 0.25) is 0 Å². The first kappa shape index (κ1) is 15.4. The monoisotopic (exact) mass is 291 g/mol. The van der Waals surface area contributed by atoms with Crippen LogP contribution in [-0.2, 0) is 11.2 Å². The minimum Gasteiger partial charge on any atom is -0.481 e. The molecule has 0 saturated heterocycles. The molecule has 2 rings (SSSR count). The molecule has 21 heavy (non-hydrogen) atoms. The van der Waals surface area contributed by atoms with E-state index in [-0.39, 0.29) is 6.42 Å². The number of rotatable bonds is 5. The number of carboxylic acid groups (broad SMARTS) is 1. The Labute approximate surface area is 124 Å². The molecular formula is C16H21NO4. The first-order valence-electron chi connectivity index (χ1n) is 7.40. The molecule has 5 nitrogen and oxygen atoms in total. The van der Waals surface area contributed by atoms with Gasteiger partial charge < -0.3 is 15.2 Å². The average molecular weight is 291 g/mol. The molecule has 1 fully saturated rings. The van der Waals surface area contributed by atoms with E-state index in [2.05, 4.69) is 5.32 Å². The molecule has 5 heteroatoms. The van der Waals surface area contributed by atoms with Crippen molar-refractivity contribution >= 4 is 12.1 Å². The van der Waals surface area contributed by atoms with E-state index in [0.717, 1.165) is 0 Å². The van der Waals surface area contributed by atoms with Crippen LogP contribution in [0.4, 0.5) is 4.79 Å². The maximum Gasteiger partial charge on any atom is 0.412 e. The van der Waals surface area contributed by atoms with Gasteiger partial charge in [0.1, 0.15) is 5.75 Å². The fourth-order valence-electron chi connectivity index (χ4n) is 2.61. The van der Waals surface area contributed by atoms with Crippen molar-refractivity contribution in [3.63, 3.8) is 0 Å². The van der Waals surface area contributed by atoms with Crippen LogP contribution in [0.1, 0.15) is 37.7 Å². The number of ether oxygens (including phenoxy) is 1. The second kappa shape index (κ2) is 7.67. The van der Waals surface area contributed by atoms with Crippen LogP contribution in [0.5, 0.6) is 5.75 Å². The van der Waals surface area contributed by atoms with Gasteiger partial charge in [0.2, 0.25) is 0 Å². The molecule has 0 radical (unpaired) electrons. The van der Waals surface area contributed by atoms with Crippen LogP contribution >= 0.6 is 0 Å². The highest BCUT2D eigenvalue weighted by atomic mass is 16.6. The Morgan fingerprint density at radius 2 is 1.81 bits per heavy atom. The highest BCUT2D eigenvalue weighted by molar-refractivity contribution is 5.71. The van der Waals surface area contributed by atoms with Crippen molar-refractivity contribution in [3.8, 4) is 5.75 Å². The van der Waals surface area contributed by atoms with Crippen LogP contribution in [-0.4, -0.2) is 23.7 Å². The number of nitrogens with one attached hydrogen (secondary N) is 1. The molecule has 1 amide bonds. The molecule has 0 aromatic heterocycles. The lowest BCUT2D eigenvalue weighted by Gasteiger charge is -2.21. The Morgan fingerprint density at radius 3 is 2.43 bits per heavy atom. The summed E-state index contributed by atoms with van der Waals surface area (Å²) in [5.74, 6) is 0.100. The zero-order valence-electron chi connectivity index (χ0n) is 12.0. The summed E-state index contributed by atoms with van der Waals surface area (Å²) in [6, 6.07) is 6.52. The zero-order valence-corrected chi connectivity index (χ0v) is 12.0. The van der Waals surface area contributed by atoms with Gasteiger partial charge in [0.05, 0.1) is 6.42 Å². The van der Waals surface area contributed by atoms with Crippen LogP contribution in [0.15, 0.2) is 24.3 Å². The van der Waals surface area contributed by atoms with Gasteiger partial charge in [-0.15, -0.1) is 0 Å². The van der Waals surface area contributed by atoms with Gasteiger partial charge in [0.15, 0.2) is 0 Å². The first-order chi connectivity index (χ1) is 10.1. The highest BCUT2D eigenvalue weighted by Gasteiger charge is 2.14. The molecular weight excluding hydrogens is 270 g/mol. The molecule has 114 valence electrons. The molecule has 1 aromatic carbocycles. The lowest BCUT2D eigenvalue weighted by Crippen LogP contribution is -2.32. The standard InChI is InChI=1S/C16H21NO4/c18-15(19)10-12-6-8-14(9-7-12)21-16(20)17-11-13-4-2-1-3-5-13/h6-9,13H,1-5,10-11H2,(H,17,20)(H,18,19). The van der Waals surface area contributed by atoms with E-state index in [1.54, 1.807) is 24.3 Å². The Morgan fingerprint density at radius 1 is 1.14 bits per heavy atom. The number of hydrogen-bond donors (Lipinski definition) is 2. The van der Waals surface area contributed by atoms with Crippen molar-refractivity contribution in [1.82, 2.24) is 5.32 Å². The summed E-state index contributed by atoms with van der Waals surface area (Å²) in [5.41, 5.74) is 0.678. The third-order valence-corrected chi connectivity index (χ3v) is 3.75. The first-order valence-corrected chi connectivity index (χ1v) is 7.40. The van der Waals surface area contributed by atoms with Crippen molar-refractivity contribution in [3.05, 3.63) is 29.8 Å². The number of carbonyl (C=O) groups excluding carboxylic acids is 1. The average Bonchev–Trinajstić information content (AvgIpc) is 2.48. The minimum atomic E-state index is -0.881. The van der Waals surface area contributed by atoms with Crippen molar-refractivity contribution < 1.29 is 19.4 Å². The number of carbonyl (C=O) groups is 2. The largest absolute Gasteiger partial charge is 0.481 e. The highest BCUT2D eigenvalue weighted by Crippen LogP contribution is 2.22. The van der Waals surface area contributed by atoms with E-state index in [9.17, 15) is 9.59 Å². The normalized spacial score (nSPS) is 15.4. The summed E-state index contributed by atoms with van der Waals surface area (Å²) >= 11 is 0. The molecule has 0 aliphatic heterocycles. The lowest BCUT2D eigenvalue weighted by atomic mass is 9.89. The van der Waals surface area contributed by atoms with E-state index in [1.165, 1.54) is 32.1 Å². The number of hydrogen-bond acceptors (Lipinski definition) is 3. The molecule has 0 atom stereocenters. The van der Waals surface area contributed by atoms with Gasteiger partial charge >= 0.3 is 12.1 Å². The van der Waals surface area contributed by atoms with Crippen LogP contribution in [0, 0.1) is 5.92 Å². The fraction of sp³-hybridized carbons (Fsp3) is 0.500. The summed E-state index contributed by atoms with van der Waals surface area (Å²) < 4.78 is 5.17. The second-order valence-corrected chi connectivity index (χ2v) is 5.49. The quantitative estimate of drug-likeness (QED) is 0.874. The van der Waals surface area contributed by atoms with Gasteiger partial charge in [0.25, 0.3) is 0 Å². The maximum atomic E-state index is 11.7. The van der Waals surface area contributed by atoms with Gasteiger partial charge in [-0.05, 0) is 36.5 Å².